The van der Waals surface area contributed by atoms with Gasteiger partial charge in [0, 0.05) is 50.4 Å². The molecule has 3 aliphatic heterocycles. The number of nitrogens with one attached hydrogen (secondary N) is 1. The molecule has 3 amide bonds. The van der Waals surface area contributed by atoms with E-state index in [0.29, 0.717) is 18.5 Å². The maximum atomic E-state index is 12.7. The Balaban J connectivity index is 1.75. The van der Waals surface area contributed by atoms with Crippen LogP contribution in [0.25, 0.3) is 0 Å². The van der Waals surface area contributed by atoms with Crippen LogP contribution >= 0.6 is 0 Å². The molecule has 3 aliphatic rings. The molecule has 1 atom stereocenters. The van der Waals surface area contributed by atoms with Crippen LogP contribution in [0, 0.1) is 0 Å². The molecule has 1 unspecified atom stereocenters. The number of hydrogen-bond acceptors (Lipinski definition) is 5. The van der Waals surface area contributed by atoms with Crippen molar-refractivity contribution in [3.63, 3.8) is 0 Å². The van der Waals surface area contributed by atoms with Gasteiger partial charge in [0.1, 0.15) is 6.04 Å². The standard InChI is InChI=1S/C19H26N4O3/c1-4-15(22-9-7-21(3)8-10-22)11-14-12-23(19(26)13(14)2)16-5-6-17(24)20-18(16)25/h4,11,16H,1,5-10,12H2,2-3H3,(H,20,24,25)/b15-11+. The molecule has 7 heteroatoms. The lowest BCUT2D eigenvalue weighted by Gasteiger charge is -2.34. The second-order valence-electron chi connectivity index (χ2n) is 7.11. The van der Waals surface area contributed by atoms with Crippen LogP contribution in [0.3, 0.4) is 0 Å². The summed E-state index contributed by atoms with van der Waals surface area (Å²) in [5, 5.41) is 2.33. The van der Waals surface area contributed by atoms with Gasteiger partial charge in [0.2, 0.25) is 11.8 Å². The quantitative estimate of drug-likeness (QED) is 0.577. The normalized spacial score (nSPS) is 25.8. The Hall–Kier alpha value is -2.41. The summed E-state index contributed by atoms with van der Waals surface area (Å²) in [5.74, 6) is -0.783. The number of carbonyl (C=O) groups is 3. The third-order valence-corrected chi connectivity index (χ3v) is 5.39. The van der Waals surface area contributed by atoms with Gasteiger partial charge in [0.15, 0.2) is 0 Å². The van der Waals surface area contributed by atoms with Crippen LogP contribution in [-0.2, 0) is 14.4 Å². The highest BCUT2D eigenvalue weighted by atomic mass is 16.2. The molecular formula is C19H26N4O3. The molecule has 1 N–H and O–H groups in total. The van der Waals surface area contributed by atoms with Gasteiger partial charge in [-0.1, -0.05) is 6.58 Å². The van der Waals surface area contributed by atoms with Crippen molar-refractivity contribution in [2.24, 2.45) is 0 Å². The van der Waals surface area contributed by atoms with E-state index in [9.17, 15) is 14.4 Å². The van der Waals surface area contributed by atoms with Crippen molar-refractivity contribution in [3.05, 3.63) is 35.6 Å². The molecule has 140 valence electrons. The second-order valence-corrected chi connectivity index (χ2v) is 7.11. The topological polar surface area (TPSA) is 73.0 Å². The van der Waals surface area contributed by atoms with Crippen molar-refractivity contribution in [2.45, 2.75) is 25.8 Å². The monoisotopic (exact) mass is 358 g/mol. The van der Waals surface area contributed by atoms with Gasteiger partial charge in [-0.25, -0.2) is 0 Å². The summed E-state index contributed by atoms with van der Waals surface area (Å²) in [6.45, 7) is 9.94. The van der Waals surface area contributed by atoms with Gasteiger partial charge in [-0.2, -0.15) is 0 Å². The molecule has 7 nitrogen and oxygen atoms in total. The van der Waals surface area contributed by atoms with Crippen LogP contribution in [0.5, 0.6) is 0 Å². The zero-order valence-electron chi connectivity index (χ0n) is 15.5. The Labute approximate surface area is 154 Å². The van der Waals surface area contributed by atoms with Crippen molar-refractivity contribution in [1.82, 2.24) is 20.0 Å². The first-order valence-corrected chi connectivity index (χ1v) is 9.02. The predicted octanol–water partition coefficient (Wildman–Crippen LogP) is 0.268. The van der Waals surface area contributed by atoms with Crippen LogP contribution in [0.2, 0.25) is 0 Å². The van der Waals surface area contributed by atoms with Crippen LogP contribution in [0.1, 0.15) is 19.8 Å². The molecule has 3 heterocycles. The molecule has 2 saturated heterocycles. The number of piperidine rings is 1. The van der Waals surface area contributed by atoms with E-state index in [1.165, 1.54) is 0 Å². The third-order valence-electron chi connectivity index (χ3n) is 5.39. The summed E-state index contributed by atoms with van der Waals surface area (Å²) in [6, 6.07) is -0.572. The molecule has 3 rings (SSSR count). The number of likely N-dealkylation sites (N-methyl/N-ethyl adjacent to an activating group) is 1. The average molecular weight is 358 g/mol. The summed E-state index contributed by atoms with van der Waals surface area (Å²) in [4.78, 5) is 42.3. The van der Waals surface area contributed by atoms with Gasteiger partial charge in [0.25, 0.3) is 5.91 Å². The number of piperazine rings is 1. The van der Waals surface area contributed by atoms with E-state index in [1.807, 2.05) is 12.2 Å². The summed E-state index contributed by atoms with van der Waals surface area (Å²) < 4.78 is 0. The Kier molecular flexibility index (Phi) is 5.27. The third kappa shape index (κ3) is 3.58. The molecule has 0 bridgehead atoms. The highest BCUT2D eigenvalue weighted by molar-refractivity contribution is 6.05. The summed E-state index contributed by atoms with van der Waals surface area (Å²) in [5.41, 5.74) is 2.57. The number of rotatable bonds is 4. The SMILES string of the molecule is C=C/C(=C\C1=C(C)C(=O)N(C2CCC(=O)NC2=O)C1)N1CCN(C)CC1. The van der Waals surface area contributed by atoms with E-state index >= 15 is 0 Å². The zero-order chi connectivity index (χ0) is 18.8. The molecule has 0 aromatic heterocycles. The first-order chi connectivity index (χ1) is 12.4. The molecule has 0 aliphatic carbocycles. The largest absolute Gasteiger partial charge is 0.369 e. The molecule has 0 spiro atoms. The van der Waals surface area contributed by atoms with E-state index in [1.54, 1.807) is 11.8 Å². The fourth-order valence-corrected chi connectivity index (χ4v) is 3.63. The van der Waals surface area contributed by atoms with Gasteiger partial charge in [0.05, 0.1) is 0 Å². The number of allylic oxidation sites excluding steroid dienone is 1. The van der Waals surface area contributed by atoms with Crippen LogP contribution < -0.4 is 5.32 Å². The Morgan fingerprint density at radius 2 is 1.88 bits per heavy atom. The number of amides is 3. The molecular weight excluding hydrogens is 332 g/mol. The van der Waals surface area contributed by atoms with Crippen molar-refractivity contribution < 1.29 is 14.4 Å². The van der Waals surface area contributed by atoms with E-state index in [2.05, 4.69) is 28.7 Å². The summed E-state index contributed by atoms with van der Waals surface area (Å²) in [6.07, 6.45) is 4.49. The summed E-state index contributed by atoms with van der Waals surface area (Å²) >= 11 is 0. The minimum Gasteiger partial charge on any atom is -0.369 e. The van der Waals surface area contributed by atoms with Crippen molar-refractivity contribution in [1.29, 1.82) is 0 Å². The Morgan fingerprint density at radius 3 is 2.50 bits per heavy atom. The van der Waals surface area contributed by atoms with Crippen molar-refractivity contribution >= 4 is 17.7 Å². The Morgan fingerprint density at radius 1 is 1.19 bits per heavy atom. The average Bonchev–Trinajstić information content (AvgIpc) is 2.89. The lowest BCUT2D eigenvalue weighted by Crippen LogP contribution is -2.53. The van der Waals surface area contributed by atoms with E-state index in [4.69, 9.17) is 0 Å². The number of nitrogens with zero attached hydrogens (tertiary/aromatic N) is 3. The Bertz CT molecular complexity index is 702. The van der Waals surface area contributed by atoms with Gasteiger partial charge < -0.3 is 14.7 Å². The van der Waals surface area contributed by atoms with E-state index in [0.717, 1.165) is 37.4 Å². The fraction of sp³-hybridized carbons (Fsp3) is 0.526. The van der Waals surface area contributed by atoms with Crippen LogP contribution in [-0.4, -0.2) is 78.2 Å². The highest BCUT2D eigenvalue weighted by Crippen LogP contribution is 2.26. The first-order valence-electron chi connectivity index (χ1n) is 9.02. The van der Waals surface area contributed by atoms with Gasteiger partial charge >= 0.3 is 0 Å². The maximum absolute atomic E-state index is 12.7. The summed E-state index contributed by atoms with van der Waals surface area (Å²) in [7, 11) is 2.11. The minimum absolute atomic E-state index is 0.132. The molecule has 0 radical (unpaired) electrons. The van der Waals surface area contributed by atoms with E-state index < -0.39 is 6.04 Å². The lowest BCUT2D eigenvalue weighted by molar-refractivity contribution is -0.142. The number of imide groups is 1. The van der Waals surface area contributed by atoms with Crippen LogP contribution in [0.15, 0.2) is 35.6 Å². The van der Waals surface area contributed by atoms with Crippen LogP contribution in [0.4, 0.5) is 0 Å². The van der Waals surface area contributed by atoms with E-state index in [-0.39, 0.29) is 24.1 Å². The predicted molar refractivity (Wildman–Crippen MR) is 97.9 cm³/mol. The molecule has 0 aromatic rings. The molecule has 0 aromatic carbocycles. The number of hydrogen-bond donors (Lipinski definition) is 1. The second kappa shape index (κ2) is 7.45. The smallest absolute Gasteiger partial charge is 0.250 e. The number of carbonyl (C=O) groups excluding carboxylic acids is 3. The fourth-order valence-electron chi connectivity index (χ4n) is 3.63. The maximum Gasteiger partial charge on any atom is 0.250 e. The van der Waals surface area contributed by atoms with Gasteiger partial charge in [-0.3, -0.25) is 19.7 Å². The van der Waals surface area contributed by atoms with Crippen molar-refractivity contribution in [2.75, 3.05) is 39.8 Å². The van der Waals surface area contributed by atoms with Gasteiger partial charge in [-0.05, 0) is 38.1 Å². The first kappa shape index (κ1) is 18.4. The molecule has 0 saturated carbocycles. The molecule has 26 heavy (non-hydrogen) atoms. The molecule has 2 fully saturated rings. The van der Waals surface area contributed by atoms with Gasteiger partial charge in [-0.15, -0.1) is 0 Å². The highest BCUT2D eigenvalue weighted by Gasteiger charge is 2.38. The van der Waals surface area contributed by atoms with Crippen molar-refractivity contribution in [3.8, 4) is 0 Å². The minimum atomic E-state index is -0.572. The lowest BCUT2D eigenvalue weighted by atomic mass is 10.0. The zero-order valence-corrected chi connectivity index (χ0v) is 15.5.